The molecule has 0 aliphatic heterocycles. The van der Waals surface area contributed by atoms with Gasteiger partial charge in [0.25, 0.3) is 5.88 Å². The minimum atomic E-state index is -0.457. The van der Waals surface area contributed by atoms with Crippen LogP contribution >= 0.6 is 0 Å². The standard InChI is InChI=1S/C23H14FN5O2/c1-30-21-12-16(24)8-11-20(21)31-23-22(28-18-4-2-3-5-19(18)29-23)27-14-26-17-9-6-15(13-25)7-10-17/h2-12H,1H3. The fourth-order valence-electron chi connectivity index (χ4n) is 2.69. The lowest BCUT2D eigenvalue weighted by Crippen LogP contribution is -1.95. The molecule has 1 heterocycles. The number of hydrogen-bond acceptors (Lipinski definition) is 7. The third-order valence-corrected chi connectivity index (χ3v) is 4.19. The van der Waals surface area contributed by atoms with E-state index in [-0.39, 0.29) is 23.2 Å². The Morgan fingerprint density at radius 1 is 0.903 bits per heavy atom. The molecule has 0 spiro atoms. The number of para-hydroxylation sites is 2. The average Bonchev–Trinajstić information content (AvgIpc) is 2.80. The van der Waals surface area contributed by atoms with Crippen LogP contribution in [0.25, 0.3) is 11.0 Å². The third-order valence-electron chi connectivity index (χ3n) is 4.19. The largest absolute Gasteiger partial charge is 0.493 e. The topological polar surface area (TPSA) is 92.8 Å². The molecule has 31 heavy (non-hydrogen) atoms. The Bertz CT molecular complexity index is 1360. The number of aromatic nitrogens is 2. The highest BCUT2D eigenvalue weighted by Gasteiger charge is 2.14. The van der Waals surface area contributed by atoms with Gasteiger partial charge in [-0.15, -0.1) is 0 Å². The van der Waals surface area contributed by atoms with Crippen LogP contribution in [0.5, 0.6) is 17.4 Å². The molecule has 0 radical (unpaired) electrons. The molecule has 150 valence electrons. The first-order valence-corrected chi connectivity index (χ1v) is 9.11. The molecule has 3 aromatic carbocycles. The Balaban J connectivity index is 1.74. The Hall–Kier alpha value is -4.60. The number of halogens is 1. The molecule has 8 heteroatoms. The summed E-state index contributed by atoms with van der Waals surface area (Å²) >= 11 is 0. The minimum Gasteiger partial charge on any atom is -0.493 e. The first-order valence-electron chi connectivity index (χ1n) is 9.11. The lowest BCUT2D eigenvalue weighted by atomic mass is 10.2. The van der Waals surface area contributed by atoms with Crippen LogP contribution in [0.15, 0.2) is 76.7 Å². The summed E-state index contributed by atoms with van der Waals surface area (Å²) in [7, 11) is 1.41. The number of rotatable bonds is 5. The van der Waals surface area contributed by atoms with Crippen LogP contribution < -0.4 is 9.47 Å². The van der Waals surface area contributed by atoms with Crippen LogP contribution in [0.4, 0.5) is 15.9 Å². The van der Waals surface area contributed by atoms with Crippen molar-refractivity contribution in [1.82, 2.24) is 9.97 Å². The van der Waals surface area contributed by atoms with Crippen LogP contribution in [0.2, 0.25) is 0 Å². The van der Waals surface area contributed by atoms with Crippen molar-refractivity contribution in [3.8, 4) is 23.4 Å². The first-order chi connectivity index (χ1) is 15.2. The Morgan fingerprint density at radius 2 is 1.65 bits per heavy atom. The van der Waals surface area contributed by atoms with Gasteiger partial charge in [-0.2, -0.15) is 15.2 Å². The highest BCUT2D eigenvalue weighted by Crippen LogP contribution is 2.35. The molecule has 0 aliphatic rings. The Kier molecular flexibility index (Phi) is 5.61. The van der Waals surface area contributed by atoms with Gasteiger partial charge in [0.15, 0.2) is 11.5 Å². The summed E-state index contributed by atoms with van der Waals surface area (Å²) in [4.78, 5) is 17.2. The normalized spacial score (nSPS) is 10.1. The number of hydrogen-bond donors (Lipinski definition) is 0. The summed E-state index contributed by atoms with van der Waals surface area (Å²) in [6.07, 6.45) is 0. The van der Waals surface area contributed by atoms with Crippen LogP contribution in [-0.2, 0) is 0 Å². The number of nitrogens with zero attached hydrogens (tertiary/aromatic N) is 5. The van der Waals surface area contributed by atoms with Gasteiger partial charge in [-0.25, -0.2) is 14.4 Å². The van der Waals surface area contributed by atoms with E-state index < -0.39 is 5.82 Å². The van der Waals surface area contributed by atoms with E-state index in [4.69, 9.17) is 14.7 Å². The molecule has 4 aromatic rings. The van der Waals surface area contributed by atoms with Gasteiger partial charge in [0, 0.05) is 6.07 Å². The molecular weight excluding hydrogens is 397 g/mol. The molecule has 0 N–H and O–H groups in total. The van der Waals surface area contributed by atoms with Crippen molar-refractivity contribution in [2.24, 2.45) is 9.98 Å². The maximum Gasteiger partial charge on any atom is 0.266 e. The maximum absolute atomic E-state index is 13.5. The molecule has 0 unspecified atom stereocenters. The van der Waals surface area contributed by atoms with E-state index in [0.717, 1.165) is 0 Å². The van der Waals surface area contributed by atoms with Gasteiger partial charge in [0.05, 0.1) is 35.5 Å². The van der Waals surface area contributed by atoms with Gasteiger partial charge in [-0.05, 0) is 48.5 Å². The fraction of sp³-hybridized carbons (Fsp3) is 0.0435. The van der Waals surface area contributed by atoms with E-state index in [1.54, 1.807) is 36.4 Å². The second-order valence-electron chi connectivity index (χ2n) is 6.22. The summed E-state index contributed by atoms with van der Waals surface area (Å²) in [6.45, 7) is 0. The van der Waals surface area contributed by atoms with Gasteiger partial charge in [0.2, 0.25) is 5.82 Å². The molecule has 0 bridgehead atoms. The maximum atomic E-state index is 13.5. The SMILES string of the molecule is COc1cc(F)ccc1Oc1nc2ccccc2nc1N=C=Nc1ccc(C#N)cc1. The van der Waals surface area contributed by atoms with Gasteiger partial charge in [-0.1, -0.05) is 12.1 Å². The number of benzene rings is 3. The third kappa shape index (κ3) is 4.53. The quantitative estimate of drug-likeness (QED) is 0.400. The van der Waals surface area contributed by atoms with Crippen molar-refractivity contribution in [3.63, 3.8) is 0 Å². The van der Waals surface area contributed by atoms with Crippen molar-refractivity contribution in [3.05, 3.63) is 78.1 Å². The molecular formula is C23H14FN5O2. The molecule has 0 aliphatic carbocycles. The van der Waals surface area contributed by atoms with E-state index in [2.05, 4.69) is 26.0 Å². The smallest absolute Gasteiger partial charge is 0.266 e. The molecule has 4 rings (SSSR count). The summed E-state index contributed by atoms with van der Waals surface area (Å²) in [5, 5.41) is 8.87. The van der Waals surface area contributed by atoms with E-state index >= 15 is 0 Å². The van der Waals surface area contributed by atoms with Crippen LogP contribution in [0, 0.1) is 17.1 Å². The predicted octanol–water partition coefficient (Wildman–Crippen LogP) is 5.58. The monoisotopic (exact) mass is 411 g/mol. The highest BCUT2D eigenvalue weighted by atomic mass is 19.1. The Morgan fingerprint density at radius 3 is 2.35 bits per heavy atom. The summed E-state index contributed by atoms with van der Waals surface area (Å²) in [5.74, 6) is 0.236. The highest BCUT2D eigenvalue weighted by molar-refractivity contribution is 5.77. The average molecular weight is 411 g/mol. The van der Waals surface area contributed by atoms with Gasteiger partial charge in [0.1, 0.15) is 11.8 Å². The summed E-state index contributed by atoms with van der Waals surface area (Å²) in [5.41, 5.74) is 2.31. The van der Waals surface area contributed by atoms with Crippen molar-refractivity contribution < 1.29 is 13.9 Å². The van der Waals surface area contributed by atoms with Crippen molar-refractivity contribution in [2.45, 2.75) is 0 Å². The van der Waals surface area contributed by atoms with Gasteiger partial charge < -0.3 is 9.47 Å². The number of fused-ring (bicyclic) bond motifs is 1. The second kappa shape index (κ2) is 8.82. The van der Waals surface area contributed by atoms with Crippen molar-refractivity contribution in [2.75, 3.05) is 7.11 Å². The van der Waals surface area contributed by atoms with Crippen LogP contribution in [0.1, 0.15) is 5.56 Å². The lowest BCUT2D eigenvalue weighted by Gasteiger charge is -2.11. The molecule has 0 saturated heterocycles. The molecule has 0 fully saturated rings. The van der Waals surface area contributed by atoms with E-state index in [9.17, 15) is 4.39 Å². The molecule has 0 amide bonds. The summed E-state index contributed by atoms with van der Waals surface area (Å²) < 4.78 is 24.5. The number of methoxy groups -OCH3 is 1. The minimum absolute atomic E-state index is 0.0890. The zero-order valence-electron chi connectivity index (χ0n) is 16.3. The summed E-state index contributed by atoms with van der Waals surface area (Å²) in [6, 6.07) is 22.4. The second-order valence-corrected chi connectivity index (χ2v) is 6.22. The predicted molar refractivity (Wildman–Crippen MR) is 113 cm³/mol. The molecule has 0 atom stereocenters. The van der Waals surface area contributed by atoms with Gasteiger partial charge in [-0.3, -0.25) is 0 Å². The van der Waals surface area contributed by atoms with Crippen LogP contribution in [-0.4, -0.2) is 23.1 Å². The first kappa shape index (κ1) is 19.7. The van der Waals surface area contributed by atoms with Crippen LogP contribution in [0.3, 0.4) is 0 Å². The number of ether oxygens (including phenoxy) is 2. The van der Waals surface area contributed by atoms with E-state index in [1.165, 1.54) is 25.3 Å². The zero-order chi connectivity index (χ0) is 21.6. The van der Waals surface area contributed by atoms with Gasteiger partial charge >= 0.3 is 0 Å². The molecule has 7 nitrogen and oxygen atoms in total. The van der Waals surface area contributed by atoms with Crippen molar-refractivity contribution in [1.29, 1.82) is 5.26 Å². The van der Waals surface area contributed by atoms with E-state index in [0.29, 0.717) is 22.3 Å². The lowest BCUT2D eigenvalue weighted by molar-refractivity contribution is 0.371. The number of aliphatic imine (C=N–C) groups is 2. The molecule has 0 saturated carbocycles. The van der Waals surface area contributed by atoms with Crippen molar-refractivity contribution >= 4 is 28.5 Å². The Labute approximate surface area is 176 Å². The molecule has 1 aromatic heterocycles. The fourth-order valence-corrected chi connectivity index (χ4v) is 2.69. The number of nitriles is 1. The van der Waals surface area contributed by atoms with E-state index in [1.807, 2.05) is 18.2 Å². The zero-order valence-corrected chi connectivity index (χ0v) is 16.3.